The van der Waals surface area contributed by atoms with Crippen LogP contribution in [0.2, 0.25) is 10.0 Å². The molecule has 0 saturated heterocycles. The van der Waals surface area contributed by atoms with Crippen molar-refractivity contribution in [3.05, 3.63) is 67.9 Å². The van der Waals surface area contributed by atoms with Gasteiger partial charge in [-0.05, 0) is 51.8 Å². The van der Waals surface area contributed by atoms with Gasteiger partial charge in [0, 0.05) is 22.0 Å². The van der Waals surface area contributed by atoms with Crippen molar-refractivity contribution in [1.82, 2.24) is 0 Å². The summed E-state index contributed by atoms with van der Waals surface area (Å²) in [5.74, 6) is -0.682. The molecule has 0 aliphatic heterocycles. The molecule has 0 heterocycles. The Bertz CT molecular complexity index is 643. The molecule has 5 heteroatoms. The van der Waals surface area contributed by atoms with Crippen LogP contribution < -0.4 is 0 Å². The first kappa shape index (κ1) is 14.5. The number of hydrogen-bond donors (Lipinski definition) is 0. The van der Waals surface area contributed by atoms with Crippen LogP contribution >= 0.6 is 39.1 Å². The van der Waals surface area contributed by atoms with Crippen LogP contribution in [-0.4, -0.2) is 5.78 Å². The average Bonchev–Trinajstić information content (AvgIpc) is 2.37. The van der Waals surface area contributed by atoms with Gasteiger partial charge in [0.1, 0.15) is 5.82 Å². The van der Waals surface area contributed by atoms with E-state index in [1.807, 2.05) is 0 Å². The van der Waals surface area contributed by atoms with E-state index in [-0.39, 0.29) is 12.2 Å². The highest BCUT2D eigenvalue weighted by Crippen LogP contribution is 2.23. The molecule has 19 heavy (non-hydrogen) atoms. The minimum atomic E-state index is -0.469. The fourth-order valence-electron chi connectivity index (χ4n) is 1.62. The van der Waals surface area contributed by atoms with Crippen LogP contribution in [0.1, 0.15) is 15.9 Å². The lowest BCUT2D eigenvalue weighted by Gasteiger charge is -2.05. The number of benzene rings is 2. The molecular formula is C14H8BrCl2FO. The molecule has 98 valence electrons. The van der Waals surface area contributed by atoms with Crippen molar-refractivity contribution < 1.29 is 9.18 Å². The van der Waals surface area contributed by atoms with Gasteiger partial charge in [-0.2, -0.15) is 0 Å². The highest BCUT2D eigenvalue weighted by molar-refractivity contribution is 9.10. The molecular weight excluding hydrogens is 354 g/mol. The summed E-state index contributed by atoms with van der Waals surface area (Å²) in [5, 5.41) is 0.976. The first-order valence-corrected chi connectivity index (χ1v) is 6.94. The summed E-state index contributed by atoms with van der Waals surface area (Å²) >= 11 is 14.9. The van der Waals surface area contributed by atoms with Gasteiger partial charge in [0.15, 0.2) is 5.78 Å². The monoisotopic (exact) mass is 360 g/mol. The Balaban J connectivity index is 2.25. The number of hydrogen-bond acceptors (Lipinski definition) is 1. The Morgan fingerprint density at radius 1 is 1.16 bits per heavy atom. The van der Waals surface area contributed by atoms with E-state index in [1.165, 1.54) is 12.1 Å². The van der Waals surface area contributed by atoms with Crippen LogP contribution in [-0.2, 0) is 6.42 Å². The summed E-state index contributed by atoms with van der Waals surface area (Å²) < 4.78 is 13.7. The lowest BCUT2D eigenvalue weighted by Crippen LogP contribution is -2.04. The molecule has 2 aromatic carbocycles. The Labute approximate surface area is 128 Å². The molecule has 0 N–H and O–H groups in total. The van der Waals surface area contributed by atoms with Gasteiger partial charge in [0.25, 0.3) is 0 Å². The van der Waals surface area contributed by atoms with E-state index >= 15 is 0 Å². The number of rotatable bonds is 3. The van der Waals surface area contributed by atoms with Gasteiger partial charge in [-0.25, -0.2) is 4.39 Å². The van der Waals surface area contributed by atoms with Crippen LogP contribution in [0.5, 0.6) is 0 Å². The lowest BCUT2D eigenvalue weighted by molar-refractivity contribution is 0.0992. The maximum atomic E-state index is 13.4. The zero-order chi connectivity index (χ0) is 14.0. The molecule has 1 nitrogen and oxygen atoms in total. The highest BCUT2D eigenvalue weighted by atomic mass is 79.9. The summed E-state index contributed by atoms with van der Waals surface area (Å²) in [7, 11) is 0. The van der Waals surface area contributed by atoms with E-state index in [4.69, 9.17) is 23.2 Å². The smallest absolute Gasteiger partial charge is 0.167 e. The quantitative estimate of drug-likeness (QED) is 0.676. The predicted octanol–water partition coefficient (Wildman–Crippen LogP) is 5.32. The van der Waals surface area contributed by atoms with E-state index < -0.39 is 5.82 Å². The molecule has 0 aliphatic rings. The second kappa shape index (κ2) is 6.04. The summed E-state index contributed by atoms with van der Waals surface area (Å²) in [5.41, 5.74) is 0.930. The Morgan fingerprint density at radius 2 is 1.89 bits per heavy atom. The third-order valence-electron chi connectivity index (χ3n) is 2.60. The van der Waals surface area contributed by atoms with Crippen molar-refractivity contribution >= 4 is 44.9 Å². The Hall–Kier alpha value is -0.900. The van der Waals surface area contributed by atoms with Crippen LogP contribution in [0.15, 0.2) is 40.9 Å². The minimum absolute atomic E-state index is 0.0838. The third-order valence-corrected chi connectivity index (χ3v) is 3.85. The van der Waals surface area contributed by atoms with E-state index in [9.17, 15) is 9.18 Å². The van der Waals surface area contributed by atoms with Gasteiger partial charge in [0.2, 0.25) is 0 Å². The molecule has 0 bridgehead atoms. The zero-order valence-corrected chi connectivity index (χ0v) is 12.7. The van der Waals surface area contributed by atoms with E-state index in [0.717, 1.165) is 0 Å². The number of ketones is 1. The van der Waals surface area contributed by atoms with Crippen molar-refractivity contribution in [3.8, 4) is 0 Å². The molecule has 2 rings (SSSR count). The molecule has 0 saturated carbocycles. The van der Waals surface area contributed by atoms with Crippen molar-refractivity contribution in [3.63, 3.8) is 0 Å². The van der Waals surface area contributed by atoms with Crippen LogP contribution in [0, 0.1) is 5.82 Å². The van der Waals surface area contributed by atoms with Crippen LogP contribution in [0.3, 0.4) is 0 Å². The van der Waals surface area contributed by atoms with E-state index in [0.29, 0.717) is 25.6 Å². The van der Waals surface area contributed by atoms with Gasteiger partial charge in [-0.3, -0.25) is 4.79 Å². The van der Waals surface area contributed by atoms with Crippen LogP contribution in [0.25, 0.3) is 0 Å². The Morgan fingerprint density at radius 3 is 2.58 bits per heavy atom. The predicted molar refractivity (Wildman–Crippen MR) is 78.6 cm³/mol. The first-order chi connectivity index (χ1) is 8.97. The number of carbonyl (C=O) groups is 1. The fourth-order valence-corrected chi connectivity index (χ4v) is 2.25. The fraction of sp³-hybridized carbons (Fsp3) is 0.0714. The summed E-state index contributed by atoms with van der Waals surface area (Å²) in [6.45, 7) is 0. The number of halogens is 4. The third kappa shape index (κ3) is 3.56. The lowest BCUT2D eigenvalue weighted by atomic mass is 10.0. The van der Waals surface area contributed by atoms with Crippen molar-refractivity contribution in [1.29, 1.82) is 0 Å². The van der Waals surface area contributed by atoms with Crippen molar-refractivity contribution in [2.75, 3.05) is 0 Å². The first-order valence-electron chi connectivity index (χ1n) is 5.39. The maximum absolute atomic E-state index is 13.4. The molecule has 2 aromatic rings. The largest absolute Gasteiger partial charge is 0.294 e. The van der Waals surface area contributed by atoms with E-state index in [2.05, 4.69) is 15.9 Å². The number of carbonyl (C=O) groups excluding carboxylic acids is 1. The molecule has 0 spiro atoms. The van der Waals surface area contributed by atoms with Crippen molar-refractivity contribution in [2.24, 2.45) is 0 Å². The van der Waals surface area contributed by atoms with Gasteiger partial charge in [-0.1, -0.05) is 29.3 Å². The molecule has 0 unspecified atom stereocenters. The van der Waals surface area contributed by atoms with E-state index in [1.54, 1.807) is 24.3 Å². The molecule has 0 atom stereocenters. The Kier molecular flexibility index (Phi) is 4.61. The summed E-state index contributed by atoms with van der Waals surface area (Å²) in [4.78, 5) is 12.1. The SMILES string of the molecule is O=C(Cc1cc(Cl)ccc1Cl)c1ccc(Br)c(F)c1. The molecule has 0 aliphatic carbocycles. The molecule has 0 aromatic heterocycles. The second-order valence-electron chi connectivity index (χ2n) is 3.96. The van der Waals surface area contributed by atoms with Crippen LogP contribution in [0.4, 0.5) is 4.39 Å². The van der Waals surface area contributed by atoms with Gasteiger partial charge in [-0.15, -0.1) is 0 Å². The van der Waals surface area contributed by atoms with Crippen molar-refractivity contribution in [2.45, 2.75) is 6.42 Å². The topological polar surface area (TPSA) is 17.1 Å². The normalized spacial score (nSPS) is 10.5. The molecule has 0 amide bonds. The summed E-state index contributed by atoms with van der Waals surface area (Å²) in [6, 6.07) is 9.18. The second-order valence-corrected chi connectivity index (χ2v) is 5.66. The van der Waals surface area contributed by atoms with Gasteiger partial charge in [0.05, 0.1) is 4.47 Å². The standard InChI is InChI=1S/C14H8BrCl2FO/c15-11-3-1-8(6-13(11)18)14(19)7-9-5-10(16)2-4-12(9)17/h1-6H,7H2. The number of Topliss-reactive ketones (excluding diaryl/α,β-unsaturated/α-hetero) is 1. The van der Waals surface area contributed by atoms with Gasteiger partial charge < -0.3 is 0 Å². The summed E-state index contributed by atoms with van der Waals surface area (Å²) in [6.07, 6.45) is 0.0838. The molecule has 0 radical (unpaired) electrons. The maximum Gasteiger partial charge on any atom is 0.167 e. The van der Waals surface area contributed by atoms with Gasteiger partial charge >= 0.3 is 0 Å². The highest BCUT2D eigenvalue weighted by Gasteiger charge is 2.12. The average molecular weight is 362 g/mol. The zero-order valence-electron chi connectivity index (χ0n) is 9.59. The minimum Gasteiger partial charge on any atom is -0.294 e. The molecule has 0 fully saturated rings.